The van der Waals surface area contributed by atoms with Crippen LogP contribution in [0.3, 0.4) is 0 Å². The van der Waals surface area contributed by atoms with Crippen LogP contribution in [0.1, 0.15) is 36.5 Å². The molecule has 37 heavy (non-hydrogen) atoms. The zero-order chi connectivity index (χ0) is 25.9. The lowest BCUT2D eigenvalue weighted by atomic mass is 10.1. The summed E-state index contributed by atoms with van der Waals surface area (Å²) in [5.74, 6) is 1.16. The molecule has 4 aromatic rings. The van der Waals surface area contributed by atoms with Crippen LogP contribution in [0.4, 0.5) is 11.4 Å². The first-order valence-corrected chi connectivity index (χ1v) is 12.6. The third-order valence-corrected chi connectivity index (χ3v) is 6.89. The predicted octanol–water partition coefficient (Wildman–Crippen LogP) is 4.18. The van der Waals surface area contributed by atoms with Gasteiger partial charge in [0, 0.05) is 42.2 Å². The van der Waals surface area contributed by atoms with Crippen LogP contribution in [0.25, 0.3) is 16.6 Å². The highest BCUT2D eigenvalue weighted by Gasteiger charge is 2.19. The maximum absolute atomic E-state index is 9.88. The van der Waals surface area contributed by atoms with Gasteiger partial charge in [0.15, 0.2) is 0 Å². The summed E-state index contributed by atoms with van der Waals surface area (Å²) in [7, 11) is 1.62. The molecule has 0 radical (unpaired) electrons. The number of pyridine rings is 1. The number of fused-ring (bicyclic) bond motifs is 1. The smallest absolute Gasteiger partial charge is 0.213 e. The van der Waals surface area contributed by atoms with Gasteiger partial charge in [-0.05, 0) is 68.1 Å². The number of hydrogen-bond donors (Lipinski definition) is 4. The summed E-state index contributed by atoms with van der Waals surface area (Å²) in [5.41, 5.74) is 13.8. The summed E-state index contributed by atoms with van der Waals surface area (Å²) in [6.45, 7) is 5.87. The van der Waals surface area contributed by atoms with Crippen molar-refractivity contribution in [1.29, 1.82) is 0 Å². The minimum Gasteiger partial charge on any atom is -0.508 e. The van der Waals surface area contributed by atoms with Crippen molar-refractivity contribution in [2.45, 2.75) is 39.2 Å². The van der Waals surface area contributed by atoms with Crippen molar-refractivity contribution < 1.29 is 9.84 Å². The lowest BCUT2D eigenvalue weighted by Crippen LogP contribution is -2.30. The number of ether oxygens (including phenoxy) is 1. The SMILES string of the molecule is CCc1cc(O)ccc1N=C(N)c1cnn2cc(-c3cnc(OC)cc3C)cc2c1NC[C@H]1CCCN1. The van der Waals surface area contributed by atoms with E-state index >= 15 is 0 Å². The van der Waals surface area contributed by atoms with E-state index < -0.39 is 0 Å². The number of nitrogens with two attached hydrogens (primary N) is 1. The standard InChI is InChI=1S/C28H33N7O2/c1-4-18-11-21(36)7-8-24(18)34-28(29)23-15-33-35-16-19(22-14-31-26(37-3)10-17(22)2)12-25(35)27(23)32-13-20-6-5-9-30-20/h7-8,10-12,14-16,20,30,32,36H,4-6,9,13H2,1-3H3,(H2,29,34)/t20-/m1/s1. The minimum absolute atomic E-state index is 0.216. The molecule has 3 aromatic heterocycles. The van der Waals surface area contributed by atoms with Crippen molar-refractivity contribution in [2.24, 2.45) is 10.7 Å². The quantitative estimate of drug-likeness (QED) is 0.212. The molecule has 9 heteroatoms. The lowest BCUT2D eigenvalue weighted by molar-refractivity contribution is 0.397. The number of anilines is 1. The van der Waals surface area contributed by atoms with Crippen LogP contribution in [-0.4, -0.2) is 51.8 Å². The molecular weight excluding hydrogens is 466 g/mol. The Bertz CT molecular complexity index is 1450. The fourth-order valence-electron chi connectivity index (χ4n) is 4.84. The number of methoxy groups -OCH3 is 1. The number of amidine groups is 1. The molecule has 4 heterocycles. The molecule has 1 aromatic carbocycles. The monoisotopic (exact) mass is 499 g/mol. The average Bonchev–Trinajstić information content (AvgIpc) is 3.58. The van der Waals surface area contributed by atoms with Gasteiger partial charge in [0.2, 0.25) is 5.88 Å². The predicted molar refractivity (Wildman–Crippen MR) is 147 cm³/mol. The van der Waals surface area contributed by atoms with E-state index in [0.717, 1.165) is 70.6 Å². The largest absolute Gasteiger partial charge is 0.508 e. The van der Waals surface area contributed by atoms with E-state index in [2.05, 4.69) is 26.8 Å². The van der Waals surface area contributed by atoms with Crippen LogP contribution in [0.5, 0.6) is 11.6 Å². The molecule has 1 aliphatic heterocycles. The molecular formula is C28H33N7O2. The highest BCUT2D eigenvalue weighted by atomic mass is 16.5. The van der Waals surface area contributed by atoms with Gasteiger partial charge in [0.1, 0.15) is 11.6 Å². The Morgan fingerprint density at radius 2 is 2.16 bits per heavy atom. The zero-order valence-electron chi connectivity index (χ0n) is 21.5. The summed E-state index contributed by atoms with van der Waals surface area (Å²) in [6.07, 6.45) is 8.61. The maximum atomic E-state index is 9.88. The number of phenolic OH excluding ortho intramolecular Hbond substituents is 1. The third kappa shape index (κ3) is 5.08. The molecule has 0 bridgehead atoms. The van der Waals surface area contributed by atoms with E-state index in [4.69, 9.17) is 15.5 Å². The number of benzene rings is 1. The van der Waals surface area contributed by atoms with Crippen molar-refractivity contribution in [3.8, 4) is 22.8 Å². The molecule has 1 fully saturated rings. The molecule has 1 atom stereocenters. The normalized spacial score (nSPS) is 15.9. The number of aromatic hydroxyl groups is 1. The van der Waals surface area contributed by atoms with Crippen molar-refractivity contribution >= 4 is 22.7 Å². The van der Waals surface area contributed by atoms with Crippen LogP contribution in [0.15, 0.2) is 53.9 Å². The first kappa shape index (κ1) is 24.6. The fraction of sp³-hybridized carbons (Fsp3) is 0.321. The fourth-order valence-corrected chi connectivity index (χ4v) is 4.84. The van der Waals surface area contributed by atoms with E-state index in [1.54, 1.807) is 31.5 Å². The summed E-state index contributed by atoms with van der Waals surface area (Å²) in [6, 6.07) is 9.56. The van der Waals surface area contributed by atoms with Gasteiger partial charge in [-0.15, -0.1) is 0 Å². The van der Waals surface area contributed by atoms with Crippen LogP contribution >= 0.6 is 0 Å². The summed E-state index contributed by atoms with van der Waals surface area (Å²) >= 11 is 0. The number of nitrogens with zero attached hydrogens (tertiary/aromatic N) is 4. The van der Waals surface area contributed by atoms with E-state index in [-0.39, 0.29) is 5.75 Å². The molecule has 0 amide bonds. The van der Waals surface area contributed by atoms with E-state index in [1.165, 1.54) is 6.42 Å². The van der Waals surface area contributed by atoms with Crippen molar-refractivity contribution in [3.63, 3.8) is 0 Å². The molecule has 1 saturated heterocycles. The number of aromatic nitrogens is 3. The Hall–Kier alpha value is -4.11. The van der Waals surface area contributed by atoms with Gasteiger partial charge in [-0.3, -0.25) is 0 Å². The maximum Gasteiger partial charge on any atom is 0.213 e. The number of aryl methyl sites for hydroxylation is 2. The van der Waals surface area contributed by atoms with Crippen LogP contribution < -0.4 is 21.1 Å². The molecule has 192 valence electrons. The first-order valence-electron chi connectivity index (χ1n) is 12.6. The van der Waals surface area contributed by atoms with E-state index in [1.807, 2.05) is 36.8 Å². The molecule has 0 unspecified atom stereocenters. The Labute approximate surface area is 216 Å². The molecule has 5 rings (SSSR count). The summed E-state index contributed by atoms with van der Waals surface area (Å²) in [5, 5.41) is 21.7. The molecule has 9 nitrogen and oxygen atoms in total. The van der Waals surface area contributed by atoms with Gasteiger partial charge in [-0.1, -0.05) is 6.92 Å². The molecule has 0 spiro atoms. The van der Waals surface area contributed by atoms with Gasteiger partial charge in [0.05, 0.1) is 35.8 Å². The van der Waals surface area contributed by atoms with Crippen LogP contribution in [-0.2, 0) is 6.42 Å². The second kappa shape index (κ2) is 10.5. The number of rotatable bonds is 8. The van der Waals surface area contributed by atoms with Gasteiger partial charge in [-0.2, -0.15) is 5.10 Å². The van der Waals surface area contributed by atoms with Gasteiger partial charge >= 0.3 is 0 Å². The van der Waals surface area contributed by atoms with E-state index in [9.17, 15) is 5.11 Å². The Balaban J connectivity index is 1.59. The molecule has 5 N–H and O–H groups in total. The molecule has 0 saturated carbocycles. The molecule has 1 aliphatic rings. The van der Waals surface area contributed by atoms with E-state index in [0.29, 0.717) is 17.8 Å². The second-order valence-corrected chi connectivity index (χ2v) is 9.37. The lowest BCUT2D eigenvalue weighted by Gasteiger charge is -2.17. The number of aliphatic imine (C=N–C) groups is 1. The zero-order valence-corrected chi connectivity index (χ0v) is 21.5. The highest BCUT2D eigenvalue weighted by molar-refractivity contribution is 6.06. The van der Waals surface area contributed by atoms with Gasteiger partial charge < -0.3 is 26.2 Å². The average molecular weight is 500 g/mol. The van der Waals surface area contributed by atoms with Crippen molar-refractivity contribution in [1.82, 2.24) is 19.9 Å². The van der Waals surface area contributed by atoms with Crippen LogP contribution in [0, 0.1) is 6.92 Å². The van der Waals surface area contributed by atoms with Gasteiger partial charge in [0.25, 0.3) is 0 Å². The summed E-state index contributed by atoms with van der Waals surface area (Å²) < 4.78 is 7.13. The number of phenols is 1. The third-order valence-electron chi connectivity index (χ3n) is 6.89. The Kier molecular flexibility index (Phi) is 6.96. The number of nitrogens with one attached hydrogen (secondary N) is 2. The number of hydrogen-bond acceptors (Lipinski definition) is 7. The highest BCUT2D eigenvalue weighted by Crippen LogP contribution is 2.32. The first-order chi connectivity index (χ1) is 18.0. The Morgan fingerprint density at radius 3 is 2.89 bits per heavy atom. The Morgan fingerprint density at radius 1 is 1.30 bits per heavy atom. The molecule has 0 aliphatic carbocycles. The minimum atomic E-state index is 0.216. The topological polar surface area (TPSA) is 122 Å². The summed E-state index contributed by atoms with van der Waals surface area (Å²) in [4.78, 5) is 9.14. The van der Waals surface area contributed by atoms with Crippen LogP contribution in [0.2, 0.25) is 0 Å². The second-order valence-electron chi connectivity index (χ2n) is 9.37. The van der Waals surface area contributed by atoms with Crippen molar-refractivity contribution in [2.75, 3.05) is 25.5 Å². The van der Waals surface area contributed by atoms with Gasteiger partial charge in [-0.25, -0.2) is 14.5 Å². The van der Waals surface area contributed by atoms with Crippen molar-refractivity contribution in [3.05, 3.63) is 65.6 Å².